The maximum atomic E-state index is 9.30. The van der Waals surface area contributed by atoms with Gasteiger partial charge in [0.05, 0.1) is 17.9 Å². The third kappa shape index (κ3) is 2.41. The molecule has 2 aliphatic rings. The van der Waals surface area contributed by atoms with E-state index in [0.29, 0.717) is 5.56 Å². The first-order valence-corrected chi connectivity index (χ1v) is 7.56. The molecular weight excluding hydrogens is 248 g/mol. The lowest BCUT2D eigenvalue weighted by Gasteiger charge is -2.29. The monoisotopic (exact) mass is 270 g/mol. The smallest absolute Gasteiger partial charge is 0.101 e. The fourth-order valence-electron chi connectivity index (χ4n) is 4.15. The predicted octanol–water partition coefficient (Wildman–Crippen LogP) is 2.92. The summed E-state index contributed by atoms with van der Waals surface area (Å²) in [6.07, 6.45) is 5.62. The van der Waals surface area contributed by atoms with Gasteiger partial charge in [0.2, 0.25) is 0 Å². The van der Waals surface area contributed by atoms with E-state index in [1.54, 1.807) is 6.07 Å². The van der Waals surface area contributed by atoms with Gasteiger partial charge in [-0.25, -0.2) is 0 Å². The zero-order valence-electron chi connectivity index (χ0n) is 12.0. The number of fused-ring (bicyclic) bond motifs is 2. The lowest BCUT2D eigenvalue weighted by atomic mass is 9.88. The van der Waals surface area contributed by atoms with E-state index in [4.69, 9.17) is 5.11 Å². The number of rotatable bonds is 4. The number of anilines is 1. The van der Waals surface area contributed by atoms with E-state index in [9.17, 15) is 5.26 Å². The lowest BCUT2D eigenvalue weighted by molar-refractivity contribution is 0.282. The number of aliphatic hydroxyl groups is 1. The number of aliphatic hydroxyl groups excluding tert-OH is 1. The van der Waals surface area contributed by atoms with E-state index < -0.39 is 0 Å². The molecule has 1 aromatic carbocycles. The van der Waals surface area contributed by atoms with Gasteiger partial charge in [0.25, 0.3) is 0 Å². The van der Waals surface area contributed by atoms with Crippen molar-refractivity contribution in [3.8, 4) is 6.07 Å². The third-order valence-electron chi connectivity index (χ3n) is 5.17. The molecule has 0 heterocycles. The zero-order valence-corrected chi connectivity index (χ0v) is 12.0. The third-order valence-corrected chi connectivity index (χ3v) is 5.17. The van der Waals surface area contributed by atoms with Gasteiger partial charge in [-0.15, -0.1) is 0 Å². The molecule has 20 heavy (non-hydrogen) atoms. The Hall–Kier alpha value is -1.53. The van der Waals surface area contributed by atoms with Crippen molar-refractivity contribution in [2.24, 2.45) is 17.8 Å². The van der Waals surface area contributed by atoms with Crippen LogP contribution in [0.4, 0.5) is 5.69 Å². The standard InChI is InChI=1S/C17H22N2O/c1-19(10-16-7-12-2-4-14(16)6-12)17-5-3-13(11-20)8-15(17)9-18/h3,5,8,12,14,16,20H,2,4,6-7,10-11H2,1H3. The molecule has 1 N–H and O–H groups in total. The minimum Gasteiger partial charge on any atom is -0.392 e. The van der Waals surface area contributed by atoms with Crippen molar-refractivity contribution < 1.29 is 5.11 Å². The van der Waals surface area contributed by atoms with E-state index in [1.807, 2.05) is 12.1 Å². The molecule has 0 saturated heterocycles. The van der Waals surface area contributed by atoms with Crippen molar-refractivity contribution in [1.29, 1.82) is 5.26 Å². The first-order chi connectivity index (χ1) is 9.71. The van der Waals surface area contributed by atoms with Gasteiger partial charge in [0.1, 0.15) is 6.07 Å². The minimum absolute atomic E-state index is 0.00888. The van der Waals surface area contributed by atoms with Crippen LogP contribution in [-0.4, -0.2) is 18.7 Å². The first-order valence-electron chi connectivity index (χ1n) is 7.56. The maximum Gasteiger partial charge on any atom is 0.101 e. The molecule has 3 rings (SSSR count). The van der Waals surface area contributed by atoms with E-state index in [0.717, 1.165) is 35.5 Å². The van der Waals surface area contributed by atoms with Crippen LogP contribution in [0.5, 0.6) is 0 Å². The average Bonchev–Trinajstić information content (AvgIpc) is 3.09. The molecule has 3 atom stereocenters. The average molecular weight is 270 g/mol. The Labute approximate surface area is 120 Å². The van der Waals surface area contributed by atoms with Crippen molar-refractivity contribution in [3.05, 3.63) is 29.3 Å². The summed E-state index contributed by atoms with van der Waals surface area (Å²) < 4.78 is 0. The van der Waals surface area contributed by atoms with E-state index in [2.05, 4.69) is 18.0 Å². The molecule has 0 aliphatic heterocycles. The molecular formula is C17H22N2O. The molecule has 0 radical (unpaired) electrons. The largest absolute Gasteiger partial charge is 0.392 e. The van der Waals surface area contributed by atoms with Crippen molar-refractivity contribution in [3.63, 3.8) is 0 Å². The van der Waals surface area contributed by atoms with Crippen molar-refractivity contribution in [2.75, 3.05) is 18.5 Å². The molecule has 0 aromatic heterocycles. The first kappa shape index (κ1) is 13.5. The SMILES string of the molecule is CN(CC1CC2CCC1C2)c1ccc(CO)cc1C#N. The summed E-state index contributed by atoms with van der Waals surface area (Å²) in [6.45, 7) is 1.04. The fraction of sp³-hybridized carbons (Fsp3) is 0.588. The van der Waals surface area contributed by atoms with Gasteiger partial charge >= 0.3 is 0 Å². The predicted molar refractivity (Wildman–Crippen MR) is 79.3 cm³/mol. The highest BCUT2D eigenvalue weighted by molar-refractivity contribution is 5.60. The van der Waals surface area contributed by atoms with Crippen LogP contribution in [-0.2, 0) is 6.61 Å². The van der Waals surface area contributed by atoms with Gasteiger partial charge in [-0.05, 0) is 54.7 Å². The molecule has 2 saturated carbocycles. The van der Waals surface area contributed by atoms with Gasteiger partial charge in [-0.1, -0.05) is 12.5 Å². The Morgan fingerprint density at radius 3 is 2.80 bits per heavy atom. The maximum absolute atomic E-state index is 9.30. The second-order valence-electron chi connectivity index (χ2n) is 6.44. The fourth-order valence-corrected chi connectivity index (χ4v) is 4.15. The summed E-state index contributed by atoms with van der Waals surface area (Å²) in [4.78, 5) is 2.23. The summed E-state index contributed by atoms with van der Waals surface area (Å²) in [5.41, 5.74) is 2.47. The Morgan fingerprint density at radius 1 is 1.35 bits per heavy atom. The molecule has 106 valence electrons. The minimum atomic E-state index is -0.00888. The molecule has 0 amide bonds. The summed E-state index contributed by atoms with van der Waals surface area (Å²) in [5, 5.41) is 18.5. The number of hydrogen-bond donors (Lipinski definition) is 1. The van der Waals surface area contributed by atoms with Gasteiger partial charge in [-0.2, -0.15) is 5.26 Å². The van der Waals surface area contributed by atoms with Crippen LogP contribution >= 0.6 is 0 Å². The quantitative estimate of drug-likeness (QED) is 0.915. The number of nitriles is 1. The van der Waals surface area contributed by atoms with Gasteiger partial charge in [0, 0.05) is 13.6 Å². The van der Waals surface area contributed by atoms with Crippen molar-refractivity contribution in [1.82, 2.24) is 0 Å². The summed E-state index contributed by atoms with van der Waals surface area (Å²) in [7, 11) is 2.08. The highest BCUT2D eigenvalue weighted by Gasteiger charge is 2.39. The summed E-state index contributed by atoms with van der Waals surface area (Å²) >= 11 is 0. The topological polar surface area (TPSA) is 47.3 Å². The summed E-state index contributed by atoms with van der Waals surface area (Å²) in [5.74, 6) is 2.66. The number of nitrogens with zero attached hydrogens (tertiary/aromatic N) is 2. The molecule has 3 nitrogen and oxygen atoms in total. The van der Waals surface area contributed by atoms with Crippen LogP contribution in [0, 0.1) is 29.1 Å². The summed E-state index contributed by atoms with van der Waals surface area (Å²) in [6, 6.07) is 7.94. The van der Waals surface area contributed by atoms with Crippen LogP contribution < -0.4 is 4.90 Å². The van der Waals surface area contributed by atoms with E-state index in [1.165, 1.54) is 25.7 Å². The van der Waals surface area contributed by atoms with Crippen LogP contribution in [0.1, 0.15) is 36.8 Å². The van der Waals surface area contributed by atoms with Gasteiger partial charge in [-0.3, -0.25) is 0 Å². The van der Waals surface area contributed by atoms with Gasteiger partial charge in [0.15, 0.2) is 0 Å². The number of hydrogen-bond acceptors (Lipinski definition) is 3. The highest BCUT2D eigenvalue weighted by Crippen LogP contribution is 2.48. The second kappa shape index (κ2) is 5.46. The van der Waals surface area contributed by atoms with Crippen molar-refractivity contribution in [2.45, 2.75) is 32.3 Å². The van der Waals surface area contributed by atoms with Crippen LogP contribution in [0.25, 0.3) is 0 Å². The molecule has 2 bridgehead atoms. The molecule has 0 spiro atoms. The highest BCUT2D eigenvalue weighted by atomic mass is 16.3. The normalized spacial score (nSPS) is 27.6. The molecule has 1 aromatic rings. The Kier molecular flexibility index (Phi) is 3.67. The van der Waals surface area contributed by atoms with E-state index >= 15 is 0 Å². The van der Waals surface area contributed by atoms with Crippen LogP contribution in [0.15, 0.2) is 18.2 Å². The lowest BCUT2D eigenvalue weighted by Crippen LogP contribution is -2.29. The van der Waals surface area contributed by atoms with Gasteiger partial charge < -0.3 is 10.0 Å². The molecule has 2 fully saturated rings. The van der Waals surface area contributed by atoms with Crippen LogP contribution in [0.3, 0.4) is 0 Å². The molecule has 3 unspecified atom stereocenters. The zero-order chi connectivity index (χ0) is 14.1. The number of benzene rings is 1. The van der Waals surface area contributed by atoms with Crippen molar-refractivity contribution >= 4 is 5.69 Å². The Balaban J connectivity index is 1.74. The Bertz CT molecular complexity index is 534. The van der Waals surface area contributed by atoms with Crippen LogP contribution in [0.2, 0.25) is 0 Å². The molecule has 3 heteroatoms. The Morgan fingerprint density at radius 2 is 2.20 bits per heavy atom. The molecule has 2 aliphatic carbocycles. The second-order valence-corrected chi connectivity index (χ2v) is 6.44. The van der Waals surface area contributed by atoms with E-state index in [-0.39, 0.29) is 6.61 Å².